The van der Waals surface area contributed by atoms with Crippen molar-refractivity contribution in [1.82, 2.24) is 5.32 Å². The Morgan fingerprint density at radius 2 is 2.15 bits per heavy atom. The van der Waals surface area contributed by atoms with Crippen LogP contribution >= 0.6 is 23.5 Å². The molecule has 0 spiro atoms. The molecule has 0 bridgehead atoms. The number of aliphatic hydroxyl groups is 1. The van der Waals surface area contributed by atoms with E-state index in [0.717, 1.165) is 17.9 Å². The van der Waals surface area contributed by atoms with Crippen LogP contribution in [0.5, 0.6) is 0 Å². The van der Waals surface area contributed by atoms with Crippen molar-refractivity contribution in [1.29, 1.82) is 0 Å². The molecule has 1 aliphatic rings. The third-order valence-electron chi connectivity index (χ3n) is 2.83. The van der Waals surface area contributed by atoms with E-state index in [2.05, 4.69) is 17.2 Å². The summed E-state index contributed by atoms with van der Waals surface area (Å²) in [5.74, 6) is 8.84. The van der Waals surface area contributed by atoms with Crippen LogP contribution in [-0.2, 0) is 0 Å². The summed E-state index contributed by atoms with van der Waals surface area (Å²) in [6.07, 6.45) is 0. The van der Waals surface area contributed by atoms with E-state index in [1.54, 1.807) is 24.3 Å². The molecule has 1 aromatic rings. The van der Waals surface area contributed by atoms with Gasteiger partial charge in [0.25, 0.3) is 5.91 Å². The van der Waals surface area contributed by atoms with Gasteiger partial charge in [-0.2, -0.15) is 23.5 Å². The van der Waals surface area contributed by atoms with Gasteiger partial charge in [0.1, 0.15) is 6.61 Å². The number of thioether (sulfide) groups is 2. The quantitative estimate of drug-likeness (QED) is 0.833. The van der Waals surface area contributed by atoms with E-state index in [9.17, 15) is 4.79 Å². The molecule has 0 radical (unpaired) electrons. The number of nitrogens with one attached hydrogen (secondary N) is 1. The summed E-state index contributed by atoms with van der Waals surface area (Å²) in [4.78, 5) is 12.0. The standard InChI is InChI=1S/C15H17NO2S2/c17-7-1-2-12-3-5-13(6-4-12)15(18)16-10-14-11-19-8-9-20-14/h3-6,14,17H,7-11H2,(H,16,18). The Bertz CT molecular complexity index is 499. The van der Waals surface area contributed by atoms with E-state index < -0.39 is 0 Å². The molecule has 5 heteroatoms. The van der Waals surface area contributed by atoms with E-state index in [-0.39, 0.29) is 12.5 Å². The summed E-state index contributed by atoms with van der Waals surface area (Å²) in [6.45, 7) is 0.571. The van der Waals surface area contributed by atoms with Gasteiger partial charge < -0.3 is 10.4 Å². The van der Waals surface area contributed by atoms with Crippen molar-refractivity contribution in [3.8, 4) is 11.8 Å². The molecule has 1 atom stereocenters. The topological polar surface area (TPSA) is 49.3 Å². The monoisotopic (exact) mass is 307 g/mol. The van der Waals surface area contributed by atoms with Gasteiger partial charge in [-0.15, -0.1) is 0 Å². The maximum atomic E-state index is 12.0. The van der Waals surface area contributed by atoms with Crippen LogP contribution in [0.3, 0.4) is 0 Å². The van der Waals surface area contributed by atoms with Gasteiger partial charge in [-0.05, 0) is 24.3 Å². The van der Waals surface area contributed by atoms with E-state index in [4.69, 9.17) is 5.11 Å². The predicted molar refractivity (Wildman–Crippen MR) is 86.3 cm³/mol. The first-order valence-electron chi connectivity index (χ1n) is 6.47. The van der Waals surface area contributed by atoms with Crippen molar-refractivity contribution in [3.63, 3.8) is 0 Å². The Kier molecular flexibility index (Phi) is 6.31. The molecule has 2 N–H and O–H groups in total. The third kappa shape index (κ3) is 4.78. The zero-order valence-corrected chi connectivity index (χ0v) is 12.7. The molecule has 1 amide bonds. The summed E-state index contributed by atoms with van der Waals surface area (Å²) in [5, 5.41) is 12.1. The molecule has 0 aromatic heterocycles. The Hall–Kier alpha value is -1.09. The SMILES string of the molecule is O=C(NCC1CSCCS1)c1ccc(C#CCO)cc1. The summed E-state index contributed by atoms with van der Waals surface area (Å²) in [5.41, 5.74) is 1.45. The summed E-state index contributed by atoms with van der Waals surface area (Å²) in [7, 11) is 0. The van der Waals surface area contributed by atoms with Gasteiger partial charge in [0.15, 0.2) is 0 Å². The van der Waals surface area contributed by atoms with Crippen LogP contribution in [0.1, 0.15) is 15.9 Å². The first-order chi connectivity index (χ1) is 9.79. The molecule has 1 fully saturated rings. The van der Waals surface area contributed by atoms with Crippen LogP contribution in [0.15, 0.2) is 24.3 Å². The van der Waals surface area contributed by atoms with Crippen molar-refractivity contribution in [2.75, 3.05) is 30.4 Å². The van der Waals surface area contributed by atoms with Crippen LogP contribution in [-0.4, -0.2) is 46.7 Å². The highest BCUT2D eigenvalue weighted by Crippen LogP contribution is 2.23. The lowest BCUT2D eigenvalue weighted by Crippen LogP contribution is -2.33. The molecule has 1 aromatic carbocycles. The Labute approximate surface area is 127 Å². The van der Waals surface area contributed by atoms with Gasteiger partial charge in [0.05, 0.1) is 0 Å². The molecule has 20 heavy (non-hydrogen) atoms. The average molecular weight is 307 g/mol. The second-order valence-electron chi connectivity index (χ2n) is 4.31. The van der Waals surface area contributed by atoms with Gasteiger partial charge in [0.2, 0.25) is 0 Å². The highest BCUT2D eigenvalue weighted by atomic mass is 32.2. The Morgan fingerprint density at radius 1 is 1.35 bits per heavy atom. The largest absolute Gasteiger partial charge is 0.384 e. The number of rotatable bonds is 3. The molecule has 1 saturated heterocycles. The fourth-order valence-corrected chi connectivity index (χ4v) is 4.42. The van der Waals surface area contributed by atoms with Gasteiger partial charge >= 0.3 is 0 Å². The molecule has 1 heterocycles. The molecule has 2 rings (SSSR count). The minimum absolute atomic E-state index is 0.0390. The molecule has 1 unspecified atom stereocenters. The van der Waals surface area contributed by atoms with E-state index in [1.165, 1.54) is 11.5 Å². The van der Waals surface area contributed by atoms with Crippen molar-refractivity contribution in [3.05, 3.63) is 35.4 Å². The van der Waals surface area contributed by atoms with E-state index in [1.807, 2.05) is 23.5 Å². The predicted octanol–water partition coefficient (Wildman–Crippen LogP) is 1.61. The number of hydrogen-bond donors (Lipinski definition) is 2. The minimum atomic E-state index is -0.153. The Balaban J connectivity index is 1.85. The number of benzene rings is 1. The number of carbonyl (C=O) groups excluding carboxylic acids is 1. The lowest BCUT2D eigenvalue weighted by molar-refractivity contribution is 0.0954. The second kappa shape index (κ2) is 8.25. The normalized spacial score (nSPS) is 17.9. The maximum Gasteiger partial charge on any atom is 0.251 e. The van der Waals surface area contributed by atoms with E-state index in [0.29, 0.717) is 10.8 Å². The second-order valence-corrected chi connectivity index (χ2v) is 6.87. The molecular weight excluding hydrogens is 290 g/mol. The molecule has 0 saturated carbocycles. The highest BCUT2D eigenvalue weighted by Gasteiger charge is 2.15. The maximum absolute atomic E-state index is 12.0. The summed E-state index contributed by atoms with van der Waals surface area (Å²) in [6, 6.07) is 7.12. The number of carbonyl (C=O) groups is 1. The van der Waals surface area contributed by atoms with Gasteiger partial charge in [0, 0.05) is 40.2 Å². The van der Waals surface area contributed by atoms with Crippen LogP contribution in [0, 0.1) is 11.8 Å². The van der Waals surface area contributed by atoms with Crippen LogP contribution < -0.4 is 5.32 Å². The zero-order chi connectivity index (χ0) is 14.2. The summed E-state index contributed by atoms with van der Waals surface area (Å²) < 4.78 is 0. The number of amides is 1. The van der Waals surface area contributed by atoms with Gasteiger partial charge in [-0.25, -0.2) is 0 Å². The lowest BCUT2D eigenvalue weighted by Gasteiger charge is -2.21. The van der Waals surface area contributed by atoms with Crippen molar-refractivity contribution >= 4 is 29.4 Å². The summed E-state index contributed by atoms with van der Waals surface area (Å²) >= 11 is 3.89. The Morgan fingerprint density at radius 3 is 2.80 bits per heavy atom. The van der Waals surface area contributed by atoms with Crippen molar-refractivity contribution < 1.29 is 9.90 Å². The first-order valence-corrected chi connectivity index (χ1v) is 8.67. The minimum Gasteiger partial charge on any atom is -0.384 e. The molecule has 1 aliphatic heterocycles. The smallest absolute Gasteiger partial charge is 0.251 e. The fourth-order valence-electron chi connectivity index (χ4n) is 1.81. The molecule has 0 aliphatic carbocycles. The van der Waals surface area contributed by atoms with Crippen LogP contribution in [0.25, 0.3) is 0 Å². The lowest BCUT2D eigenvalue weighted by atomic mass is 10.1. The van der Waals surface area contributed by atoms with Crippen LogP contribution in [0.2, 0.25) is 0 Å². The first kappa shape index (κ1) is 15.3. The van der Waals surface area contributed by atoms with Gasteiger partial charge in [-0.3, -0.25) is 4.79 Å². The average Bonchev–Trinajstić information content (AvgIpc) is 2.52. The van der Waals surface area contributed by atoms with Crippen molar-refractivity contribution in [2.45, 2.75) is 5.25 Å². The van der Waals surface area contributed by atoms with Crippen LogP contribution in [0.4, 0.5) is 0 Å². The number of aliphatic hydroxyl groups excluding tert-OH is 1. The molecule has 3 nitrogen and oxygen atoms in total. The van der Waals surface area contributed by atoms with Crippen molar-refractivity contribution in [2.24, 2.45) is 0 Å². The number of hydrogen-bond acceptors (Lipinski definition) is 4. The molecular formula is C15H17NO2S2. The van der Waals surface area contributed by atoms with Gasteiger partial charge in [-0.1, -0.05) is 11.8 Å². The molecule has 106 valence electrons. The van der Waals surface area contributed by atoms with E-state index >= 15 is 0 Å². The fraction of sp³-hybridized carbons (Fsp3) is 0.400. The third-order valence-corrected chi connectivity index (χ3v) is 5.68. The zero-order valence-electron chi connectivity index (χ0n) is 11.1. The highest BCUT2D eigenvalue weighted by molar-refractivity contribution is 8.06.